The number of hydrogen-bond donors (Lipinski definition) is 0. The topological polar surface area (TPSA) is 15.6 Å². The van der Waals surface area contributed by atoms with Crippen molar-refractivity contribution in [3.63, 3.8) is 0 Å². The summed E-state index contributed by atoms with van der Waals surface area (Å²) in [5.41, 5.74) is 1.17. The Balaban J connectivity index is 2.93. The van der Waals surface area contributed by atoms with Gasteiger partial charge in [0, 0.05) is 24.4 Å². The van der Waals surface area contributed by atoms with E-state index in [0.29, 0.717) is 0 Å². The first-order valence-corrected chi connectivity index (χ1v) is 5.01. The summed E-state index contributed by atoms with van der Waals surface area (Å²) in [5.74, 6) is 0. The Morgan fingerprint density at radius 1 is 1.40 bits per heavy atom. The Morgan fingerprint density at radius 2 is 2.13 bits per heavy atom. The zero-order valence-electron chi connectivity index (χ0n) is 9.64. The molecule has 2 heteroatoms. The predicted molar refractivity (Wildman–Crippen MR) is 66.6 cm³/mol. The molecule has 0 saturated heterocycles. The van der Waals surface area contributed by atoms with Gasteiger partial charge in [-0.2, -0.15) is 0 Å². The van der Waals surface area contributed by atoms with Crippen LogP contribution in [0.3, 0.4) is 0 Å². The second-order valence-corrected chi connectivity index (χ2v) is 4.07. The summed E-state index contributed by atoms with van der Waals surface area (Å²) in [7, 11) is 1.75. The molecule has 0 unspecified atom stereocenters. The summed E-state index contributed by atoms with van der Waals surface area (Å²) in [6.45, 7) is 8.10. The molecule has 15 heavy (non-hydrogen) atoms. The molecule has 0 heterocycles. The van der Waals surface area contributed by atoms with Gasteiger partial charge in [0.2, 0.25) is 0 Å². The van der Waals surface area contributed by atoms with Crippen LogP contribution in [0.2, 0.25) is 0 Å². The molecule has 0 aromatic carbocycles. The molecule has 0 aromatic heterocycles. The fourth-order valence-electron chi connectivity index (χ4n) is 1.32. The number of allylic oxidation sites excluding steroid dienone is 5. The third kappa shape index (κ3) is 3.24. The standard InChI is InChI=1S/C13H18N2/c1-5-15(11-14-4)12-7-6-9-13(2,3)10-8-12/h5-11H,1H2,2-4H3. The summed E-state index contributed by atoms with van der Waals surface area (Å²) >= 11 is 0. The molecule has 1 rings (SSSR count). The molecule has 0 atom stereocenters. The van der Waals surface area contributed by atoms with Crippen molar-refractivity contribution in [2.75, 3.05) is 7.05 Å². The van der Waals surface area contributed by atoms with Crippen molar-refractivity contribution in [1.82, 2.24) is 4.90 Å². The molecule has 80 valence electrons. The van der Waals surface area contributed by atoms with Gasteiger partial charge in [0.1, 0.15) is 0 Å². The molecule has 0 N–H and O–H groups in total. The van der Waals surface area contributed by atoms with E-state index in [-0.39, 0.29) is 5.41 Å². The van der Waals surface area contributed by atoms with Gasteiger partial charge >= 0.3 is 0 Å². The lowest BCUT2D eigenvalue weighted by molar-refractivity contribution is 0.624. The molecule has 0 radical (unpaired) electrons. The summed E-state index contributed by atoms with van der Waals surface area (Å²) < 4.78 is 0. The van der Waals surface area contributed by atoms with Gasteiger partial charge in [-0.05, 0) is 12.2 Å². The second-order valence-electron chi connectivity index (χ2n) is 4.07. The molecule has 0 aromatic rings. The van der Waals surface area contributed by atoms with Crippen molar-refractivity contribution in [3.05, 3.63) is 48.9 Å². The molecule has 1 aliphatic rings. The van der Waals surface area contributed by atoms with Crippen LogP contribution < -0.4 is 0 Å². The highest BCUT2D eigenvalue weighted by Crippen LogP contribution is 2.23. The van der Waals surface area contributed by atoms with E-state index in [2.05, 4.69) is 55.8 Å². The van der Waals surface area contributed by atoms with Gasteiger partial charge in [0.25, 0.3) is 0 Å². The van der Waals surface area contributed by atoms with E-state index in [4.69, 9.17) is 0 Å². The lowest BCUT2D eigenvalue weighted by Gasteiger charge is -2.15. The van der Waals surface area contributed by atoms with Crippen LogP contribution in [-0.4, -0.2) is 18.3 Å². The van der Waals surface area contributed by atoms with Crippen molar-refractivity contribution in [2.24, 2.45) is 10.4 Å². The predicted octanol–water partition coefficient (Wildman–Crippen LogP) is 3.13. The minimum atomic E-state index is 0.106. The Morgan fingerprint density at radius 3 is 2.73 bits per heavy atom. The molecule has 0 amide bonds. The maximum Gasteiger partial charge on any atom is 0.0931 e. The van der Waals surface area contributed by atoms with Crippen LogP contribution >= 0.6 is 0 Å². The van der Waals surface area contributed by atoms with Crippen LogP contribution in [0.1, 0.15) is 13.8 Å². The molecule has 0 fully saturated rings. The monoisotopic (exact) mass is 202 g/mol. The fraction of sp³-hybridized carbons (Fsp3) is 0.308. The number of aliphatic imine (C=N–C) groups is 1. The second kappa shape index (κ2) is 4.78. The first kappa shape index (κ1) is 11.5. The summed E-state index contributed by atoms with van der Waals surface area (Å²) in [5, 5.41) is 0. The normalized spacial score (nSPS) is 18.7. The van der Waals surface area contributed by atoms with Gasteiger partial charge in [0.05, 0.1) is 6.34 Å². The molecule has 0 aliphatic heterocycles. The Hall–Kier alpha value is -1.57. The van der Waals surface area contributed by atoms with E-state index in [1.165, 1.54) is 0 Å². The van der Waals surface area contributed by atoms with Gasteiger partial charge in [0.15, 0.2) is 0 Å². The van der Waals surface area contributed by atoms with Gasteiger partial charge in [-0.3, -0.25) is 4.99 Å². The number of hydrogen-bond acceptors (Lipinski definition) is 1. The maximum atomic E-state index is 3.98. The van der Waals surface area contributed by atoms with Crippen molar-refractivity contribution in [3.8, 4) is 0 Å². The summed E-state index contributed by atoms with van der Waals surface area (Å²) in [6.07, 6.45) is 14.0. The Labute approximate surface area is 92.0 Å². The third-order valence-electron chi connectivity index (χ3n) is 2.21. The van der Waals surface area contributed by atoms with E-state index >= 15 is 0 Å². The summed E-state index contributed by atoms with van der Waals surface area (Å²) in [4.78, 5) is 5.87. The van der Waals surface area contributed by atoms with E-state index in [9.17, 15) is 0 Å². The first-order valence-electron chi connectivity index (χ1n) is 5.01. The third-order valence-corrected chi connectivity index (χ3v) is 2.21. The van der Waals surface area contributed by atoms with Crippen molar-refractivity contribution >= 4 is 6.34 Å². The smallest absolute Gasteiger partial charge is 0.0931 e. The fourth-order valence-corrected chi connectivity index (χ4v) is 1.32. The SMILES string of the molecule is C=CN(C=NC)C1=CC=CC(C)(C)C=C1. The molecule has 0 spiro atoms. The lowest BCUT2D eigenvalue weighted by atomic mass is 9.93. The zero-order valence-corrected chi connectivity index (χ0v) is 9.64. The minimum Gasteiger partial charge on any atom is -0.309 e. The van der Waals surface area contributed by atoms with Gasteiger partial charge in [-0.1, -0.05) is 38.7 Å². The number of nitrogens with zero attached hydrogens (tertiary/aromatic N) is 2. The van der Waals surface area contributed by atoms with Crippen LogP contribution in [0.4, 0.5) is 0 Å². The Kier molecular flexibility index (Phi) is 3.67. The Bertz CT molecular complexity index is 344. The van der Waals surface area contributed by atoms with E-state index in [1.54, 1.807) is 19.6 Å². The van der Waals surface area contributed by atoms with E-state index < -0.39 is 0 Å². The zero-order chi connectivity index (χ0) is 11.3. The molecule has 1 aliphatic carbocycles. The van der Waals surface area contributed by atoms with Crippen LogP contribution in [-0.2, 0) is 0 Å². The summed E-state index contributed by atoms with van der Waals surface area (Å²) in [6, 6.07) is 0. The largest absolute Gasteiger partial charge is 0.309 e. The minimum absolute atomic E-state index is 0.106. The average Bonchev–Trinajstić information content (AvgIpc) is 2.36. The highest BCUT2D eigenvalue weighted by atomic mass is 15.1. The van der Waals surface area contributed by atoms with Gasteiger partial charge in [-0.25, -0.2) is 0 Å². The van der Waals surface area contributed by atoms with Crippen LogP contribution in [0.15, 0.2) is 53.8 Å². The van der Waals surface area contributed by atoms with Crippen molar-refractivity contribution in [1.29, 1.82) is 0 Å². The van der Waals surface area contributed by atoms with E-state index in [1.807, 2.05) is 4.90 Å². The lowest BCUT2D eigenvalue weighted by Crippen LogP contribution is -2.12. The highest BCUT2D eigenvalue weighted by Gasteiger charge is 2.11. The van der Waals surface area contributed by atoms with Gasteiger partial charge in [-0.15, -0.1) is 0 Å². The molecule has 2 nitrogen and oxygen atoms in total. The quantitative estimate of drug-likeness (QED) is 0.507. The van der Waals surface area contributed by atoms with Gasteiger partial charge < -0.3 is 4.90 Å². The van der Waals surface area contributed by atoms with Crippen molar-refractivity contribution in [2.45, 2.75) is 13.8 Å². The van der Waals surface area contributed by atoms with E-state index in [0.717, 1.165) is 5.70 Å². The first-order chi connectivity index (χ1) is 7.09. The highest BCUT2D eigenvalue weighted by molar-refractivity contribution is 5.61. The average molecular weight is 202 g/mol. The molecular weight excluding hydrogens is 184 g/mol. The maximum absolute atomic E-state index is 3.98. The molecule has 0 bridgehead atoms. The number of rotatable bonds is 3. The van der Waals surface area contributed by atoms with Crippen LogP contribution in [0.5, 0.6) is 0 Å². The van der Waals surface area contributed by atoms with Crippen molar-refractivity contribution < 1.29 is 0 Å². The van der Waals surface area contributed by atoms with Crippen LogP contribution in [0.25, 0.3) is 0 Å². The van der Waals surface area contributed by atoms with Crippen LogP contribution in [0, 0.1) is 5.41 Å². The molecule has 0 saturated carbocycles. The molecular formula is C13H18N2.